The molecule has 0 saturated carbocycles. The number of halogens is 3. The summed E-state index contributed by atoms with van der Waals surface area (Å²) in [5.41, 5.74) is 2.09. The number of aryl methyl sites for hydroxylation is 1. The molecule has 0 aromatic heterocycles. The summed E-state index contributed by atoms with van der Waals surface area (Å²) in [5.74, 6) is 5.04. The normalized spacial score (nSPS) is 11.5. The third-order valence-electron chi connectivity index (χ3n) is 1.96. The van der Waals surface area contributed by atoms with Crippen LogP contribution in [0.15, 0.2) is 18.2 Å². The van der Waals surface area contributed by atoms with E-state index in [1.807, 2.05) is 0 Å². The molecule has 2 nitrogen and oxygen atoms in total. The Morgan fingerprint density at radius 1 is 1.36 bits per heavy atom. The van der Waals surface area contributed by atoms with Crippen molar-refractivity contribution < 1.29 is 13.2 Å². The molecule has 5 heteroatoms. The quantitative estimate of drug-likeness (QED) is 0.574. The minimum atomic E-state index is -4.32. The van der Waals surface area contributed by atoms with Crippen LogP contribution in [0.25, 0.3) is 0 Å². The van der Waals surface area contributed by atoms with Crippen LogP contribution < -0.4 is 11.3 Å². The maximum Gasteiger partial charge on any atom is 0.416 e. The molecule has 0 saturated heterocycles. The van der Waals surface area contributed by atoms with Gasteiger partial charge in [0.05, 0.1) is 5.56 Å². The maximum atomic E-state index is 12.5. The zero-order valence-corrected chi connectivity index (χ0v) is 7.65. The number of nitrogen functional groups attached to an aromatic ring is 1. The molecule has 0 unspecified atom stereocenters. The number of hydrazine groups is 1. The number of nitrogens with two attached hydrogens (primary N) is 1. The van der Waals surface area contributed by atoms with Crippen molar-refractivity contribution in [2.75, 3.05) is 5.43 Å². The first-order valence-electron chi connectivity index (χ1n) is 4.15. The van der Waals surface area contributed by atoms with Crippen LogP contribution in [0.1, 0.15) is 18.1 Å². The summed E-state index contributed by atoms with van der Waals surface area (Å²) < 4.78 is 37.4. The van der Waals surface area contributed by atoms with Crippen molar-refractivity contribution in [3.8, 4) is 0 Å². The Morgan fingerprint density at radius 2 is 2.00 bits per heavy atom. The molecule has 0 heterocycles. The van der Waals surface area contributed by atoms with Gasteiger partial charge in [-0.1, -0.05) is 13.0 Å². The molecule has 0 amide bonds. The molecule has 0 fully saturated rings. The molecular weight excluding hydrogens is 193 g/mol. The summed E-state index contributed by atoms with van der Waals surface area (Å²) in [6.45, 7) is 1.68. The van der Waals surface area contributed by atoms with E-state index in [4.69, 9.17) is 5.84 Å². The summed E-state index contributed by atoms with van der Waals surface area (Å²) >= 11 is 0. The Morgan fingerprint density at radius 3 is 2.43 bits per heavy atom. The highest BCUT2D eigenvalue weighted by Crippen LogP contribution is 2.33. The standard InChI is InChI=1S/C9H11F3N2/c1-2-6-3-4-7(14-13)5-8(6)9(10,11)12/h3-5,14H,2,13H2,1H3. The summed E-state index contributed by atoms with van der Waals surface area (Å²) in [5, 5.41) is 0. The average molecular weight is 204 g/mol. The number of nitrogens with one attached hydrogen (secondary N) is 1. The smallest absolute Gasteiger partial charge is 0.324 e. The van der Waals surface area contributed by atoms with Gasteiger partial charge in [-0.3, -0.25) is 5.84 Å². The zero-order valence-electron chi connectivity index (χ0n) is 7.65. The van der Waals surface area contributed by atoms with Gasteiger partial charge in [0, 0.05) is 5.69 Å². The Balaban J connectivity index is 3.22. The molecule has 0 bridgehead atoms. The van der Waals surface area contributed by atoms with Crippen molar-refractivity contribution in [3.05, 3.63) is 29.3 Å². The van der Waals surface area contributed by atoms with Crippen molar-refractivity contribution in [1.29, 1.82) is 0 Å². The van der Waals surface area contributed by atoms with Crippen LogP contribution in [0.4, 0.5) is 18.9 Å². The van der Waals surface area contributed by atoms with Gasteiger partial charge in [0.2, 0.25) is 0 Å². The van der Waals surface area contributed by atoms with Crippen molar-refractivity contribution in [2.24, 2.45) is 5.84 Å². The largest absolute Gasteiger partial charge is 0.416 e. The highest BCUT2D eigenvalue weighted by Gasteiger charge is 2.32. The van der Waals surface area contributed by atoms with Gasteiger partial charge in [-0.05, 0) is 24.1 Å². The lowest BCUT2D eigenvalue weighted by Crippen LogP contribution is -2.12. The van der Waals surface area contributed by atoms with E-state index in [9.17, 15) is 13.2 Å². The number of alkyl halides is 3. The van der Waals surface area contributed by atoms with Gasteiger partial charge in [0.1, 0.15) is 0 Å². The minimum absolute atomic E-state index is 0.259. The molecule has 0 aliphatic carbocycles. The third-order valence-corrected chi connectivity index (χ3v) is 1.96. The number of rotatable bonds is 2. The van der Waals surface area contributed by atoms with Crippen molar-refractivity contribution in [1.82, 2.24) is 0 Å². The van der Waals surface area contributed by atoms with Crippen LogP contribution in [-0.2, 0) is 12.6 Å². The summed E-state index contributed by atoms with van der Waals surface area (Å²) in [4.78, 5) is 0. The van der Waals surface area contributed by atoms with Gasteiger partial charge in [-0.15, -0.1) is 0 Å². The van der Waals surface area contributed by atoms with Gasteiger partial charge < -0.3 is 5.43 Å². The van der Waals surface area contributed by atoms with Crippen LogP contribution in [0, 0.1) is 0 Å². The molecule has 0 radical (unpaired) electrons. The van der Waals surface area contributed by atoms with Gasteiger partial charge in [0.15, 0.2) is 0 Å². The van der Waals surface area contributed by atoms with E-state index in [-0.39, 0.29) is 11.3 Å². The van der Waals surface area contributed by atoms with Gasteiger partial charge in [0.25, 0.3) is 0 Å². The Bertz CT molecular complexity index is 320. The molecule has 3 N–H and O–H groups in total. The number of anilines is 1. The lowest BCUT2D eigenvalue weighted by molar-refractivity contribution is -0.138. The predicted molar refractivity (Wildman–Crippen MR) is 48.6 cm³/mol. The molecule has 0 spiro atoms. The first-order valence-corrected chi connectivity index (χ1v) is 4.15. The van der Waals surface area contributed by atoms with Crippen LogP contribution >= 0.6 is 0 Å². The number of benzene rings is 1. The second-order valence-electron chi connectivity index (χ2n) is 2.87. The van der Waals surface area contributed by atoms with E-state index in [0.717, 1.165) is 6.07 Å². The van der Waals surface area contributed by atoms with Crippen LogP contribution in [0.3, 0.4) is 0 Å². The Kier molecular flexibility index (Phi) is 3.00. The van der Waals surface area contributed by atoms with E-state index in [1.54, 1.807) is 6.92 Å². The fourth-order valence-corrected chi connectivity index (χ4v) is 1.24. The lowest BCUT2D eigenvalue weighted by Gasteiger charge is -2.13. The summed E-state index contributed by atoms with van der Waals surface area (Å²) in [6, 6.07) is 3.96. The van der Waals surface area contributed by atoms with Crippen LogP contribution in [0.5, 0.6) is 0 Å². The topological polar surface area (TPSA) is 38.0 Å². The predicted octanol–water partition coefficient (Wildman–Crippen LogP) is 2.55. The summed E-state index contributed by atoms with van der Waals surface area (Å²) in [6.07, 6.45) is -3.97. The summed E-state index contributed by atoms with van der Waals surface area (Å²) in [7, 11) is 0. The van der Waals surface area contributed by atoms with Crippen molar-refractivity contribution in [3.63, 3.8) is 0 Å². The van der Waals surface area contributed by atoms with Crippen LogP contribution in [0.2, 0.25) is 0 Å². The van der Waals surface area contributed by atoms with Crippen LogP contribution in [-0.4, -0.2) is 0 Å². The van der Waals surface area contributed by atoms with E-state index in [0.29, 0.717) is 6.42 Å². The van der Waals surface area contributed by atoms with E-state index >= 15 is 0 Å². The Hall–Kier alpha value is -1.23. The fourth-order valence-electron chi connectivity index (χ4n) is 1.24. The highest BCUT2D eigenvalue weighted by molar-refractivity contribution is 5.48. The second-order valence-corrected chi connectivity index (χ2v) is 2.87. The molecule has 0 aliphatic heterocycles. The zero-order chi connectivity index (χ0) is 10.8. The first-order chi connectivity index (χ1) is 6.49. The second kappa shape index (κ2) is 3.88. The Labute approximate surface area is 79.9 Å². The van der Waals surface area contributed by atoms with Crippen molar-refractivity contribution in [2.45, 2.75) is 19.5 Å². The van der Waals surface area contributed by atoms with Gasteiger partial charge in [-0.25, -0.2) is 0 Å². The molecule has 1 rings (SSSR count). The van der Waals surface area contributed by atoms with E-state index < -0.39 is 11.7 Å². The molecule has 0 atom stereocenters. The molecular formula is C9H11F3N2. The first kappa shape index (κ1) is 10.8. The average Bonchev–Trinajstić information content (AvgIpc) is 2.15. The fraction of sp³-hybridized carbons (Fsp3) is 0.333. The van der Waals surface area contributed by atoms with E-state index in [1.165, 1.54) is 12.1 Å². The molecule has 1 aromatic carbocycles. The van der Waals surface area contributed by atoms with E-state index in [2.05, 4.69) is 5.43 Å². The monoisotopic (exact) mass is 204 g/mol. The SMILES string of the molecule is CCc1ccc(NN)cc1C(F)(F)F. The molecule has 1 aromatic rings. The van der Waals surface area contributed by atoms with Crippen molar-refractivity contribution >= 4 is 5.69 Å². The molecule has 14 heavy (non-hydrogen) atoms. The molecule has 0 aliphatic rings. The lowest BCUT2D eigenvalue weighted by atomic mass is 10.0. The minimum Gasteiger partial charge on any atom is -0.324 e. The molecule has 78 valence electrons. The van der Waals surface area contributed by atoms with Gasteiger partial charge >= 0.3 is 6.18 Å². The maximum absolute atomic E-state index is 12.5. The number of hydrogen-bond acceptors (Lipinski definition) is 2. The van der Waals surface area contributed by atoms with Gasteiger partial charge in [-0.2, -0.15) is 13.2 Å². The third kappa shape index (κ3) is 2.17. The number of hydrogen-bond donors (Lipinski definition) is 2. The highest BCUT2D eigenvalue weighted by atomic mass is 19.4.